The molecule has 9 nitrogen and oxygen atoms in total. The zero-order chi connectivity index (χ0) is 33.5. The molecule has 1 N–H and O–H groups in total. The average molecular weight is 673 g/mol. The predicted molar refractivity (Wildman–Crippen MR) is 187 cm³/mol. The number of fused-ring (bicyclic) bond motifs is 9. The number of amides is 2. The van der Waals surface area contributed by atoms with Crippen LogP contribution in [0.4, 0.5) is 0 Å². The summed E-state index contributed by atoms with van der Waals surface area (Å²) in [5.41, 5.74) is 5.42. The summed E-state index contributed by atoms with van der Waals surface area (Å²) in [4.78, 5) is 33.1. The lowest BCUT2D eigenvalue weighted by Crippen LogP contribution is -2.57. The van der Waals surface area contributed by atoms with Crippen molar-refractivity contribution in [2.45, 2.75) is 95.7 Å². The molecule has 4 atom stereocenters. The van der Waals surface area contributed by atoms with E-state index in [2.05, 4.69) is 38.3 Å². The minimum atomic E-state index is -3.78. The highest BCUT2D eigenvalue weighted by molar-refractivity contribution is 7.90. The monoisotopic (exact) mass is 672 g/mol. The Morgan fingerprint density at radius 3 is 2.42 bits per heavy atom. The highest BCUT2D eigenvalue weighted by Crippen LogP contribution is 2.66. The first-order chi connectivity index (χ1) is 23.0. The number of aromatic nitrogens is 1. The summed E-state index contributed by atoms with van der Waals surface area (Å²) >= 11 is 0. The van der Waals surface area contributed by atoms with Crippen molar-refractivity contribution in [3.63, 3.8) is 0 Å². The van der Waals surface area contributed by atoms with E-state index >= 15 is 4.79 Å². The summed E-state index contributed by atoms with van der Waals surface area (Å²) < 4.78 is 35.9. The number of likely N-dealkylation sites (tertiary alicyclic amines) is 1. The summed E-state index contributed by atoms with van der Waals surface area (Å²) in [7, 11) is 0.0784. The minimum absolute atomic E-state index is 0.0796. The van der Waals surface area contributed by atoms with Crippen molar-refractivity contribution in [1.82, 2.24) is 19.1 Å². The molecule has 3 aliphatic heterocycles. The van der Waals surface area contributed by atoms with Crippen molar-refractivity contribution in [2.75, 3.05) is 33.0 Å². The van der Waals surface area contributed by atoms with E-state index in [0.29, 0.717) is 18.0 Å². The fourth-order valence-electron chi connectivity index (χ4n) is 9.81. The SMILES string of the molecule is COc1ccc2c(c1)C1CC1(C(=O)N1C3CCC1CN(C)C3)Cn1c-2c(C2CCCCC2)c2ccc(C(=O)NS(=O)(=O)CC(C)C)cc21. The number of carbonyl (C=O) groups is 2. The zero-order valence-corrected chi connectivity index (χ0v) is 29.4. The van der Waals surface area contributed by atoms with Crippen LogP contribution in [0.5, 0.6) is 5.75 Å². The maximum absolute atomic E-state index is 15.0. The summed E-state index contributed by atoms with van der Waals surface area (Å²) in [5, 5.41) is 1.10. The largest absolute Gasteiger partial charge is 0.497 e. The zero-order valence-electron chi connectivity index (χ0n) is 28.6. The van der Waals surface area contributed by atoms with Crippen LogP contribution in [0.25, 0.3) is 22.2 Å². The lowest BCUT2D eigenvalue weighted by Gasteiger charge is -2.41. The summed E-state index contributed by atoms with van der Waals surface area (Å²) in [6, 6.07) is 12.5. The molecule has 3 aromatic rings. The number of hydrogen-bond acceptors (Lipinski definition) is 6. The summed E-state index contributed by atoms with van der Waals surface area (Å²) in [6.45, 7) is 6.00. The third-order valence-electron chi connectivity index (χ3n) is 11.9. The minimum Gasteiger partial charge on any atom is -0.497 e. The molecule has 48 heavy (non-hydrogen) atoms. The van der Waals surface area contributed by atoms with Crippen LogP contribution >= 0.6 is 0 Å². The van der Waals surface area contributed by atoms with Gasteiger partial charge >= 0.3 is 0 Å². The van der Waals surface area contributed by atoms with Crippen LogP contribution in [0, 0.1) is 11.3 Å². The number of rotatable bonds is 7. The Morgan fingerprint density at radius 2 is 1.73 bits per heavy atom. The van der Waals surface area contributed by atoms with Crippen LogP contribution in [0.15, 0.2) is 36.4 Å². The van der Waals surface area contributed by atoms with Crippen molar-refractivity contribution < 1.29 is 22.7 Å². The first-order valence-electron chi connectivity index (χ1n) is 17.9. The molecule has 0 spiro atoms. The highest BCUT2D eigenvalue weighted by Gasteiger charge is 2.65. The van der Waals surface area contributed by atoms with Crippen LogP contribution in [0.2, 0.25) is 0 Å². The molecule has 2 aliphatic carbocycles. The standard InChI is InChI=1S/C38H48N4O5S/c1-23(2)21-48(45,46)39-36(43)25-10-14-30-33(16-25)41-22-38(37(44)42-26-11-12-27(42)20-40(3)19-26)18-32(38)31-17-28(47-4)13-15-29(31)35(41)34(30)24-8-6-5-7-9-24/h10,13-17,23-24,26-27,32H,5-9,11-12,18-22H2,1-4H3,(H,39,43). The molecule has 2 amide bonds. The van der Waals surface area contributed by atoms with Gasteiger partial charge in [-0.05, 0) is 92.4 Å². The highest BCUT2D eigenvalue weighted by atomic mass is 32.2. The van der Waals surface area contributed by atoms with Crippen LogP contribution in [-0.2, 0) is 21.4 Å². The Hall–Kier alpha value is -3.37. The fraction of sp³-hybridized carbons (Fsp3) is 0.579. The van der Waals surface area contributed by atoms with E-state index in [9.17, 15) is 13.2 Å². The van der Waals surface area contributed by atoms with Crippen LogP contribution < -0.4 is 9.46 Å². The molecule has 4 heterocycles. The Balaban J connectivity index is 1.30. The van der Waals surface area contributed by atoms with E-state index in [0.717, 1.165) is 73.1 Å². The van der Waals surface area contributed by atoms with Gasteiger partial charge in [0, 0.05) is 59.7 Å². The Morgan fingerprint density at radius 1 is 1.00 bits per heavy atom. The summed E-state index contributed by atoms with van der Waals surface area (Å²) in [6.07, 6.45) is 8.68. The van der Waals surface area contributed by atoms with Crippen LogP contribution in [0.3, 0.4) is 0 Å². The first kappa shape index (κ1) is 31.9. The van der Waals surface area contributed by atoms with Crippen molar-refractivity contribution in [1.29, 1.82) is 0 Å². The number of nitrogens with one attached hydrogen (secondary N) is 1. The number of likely N-dealkylation sites (N-methyl/N-ethyl adjacent to an activating group) is 1. The van der Waals surface area contributed by atoms with Gasteiger partial charge in [0.25, 0.3) is 5.91 Å². The number of carbonyl (C=O) groups excluding carboxylic acids is 2. The van der Waals surface area contributed by atoms with Gasteiger partial charge in [-0.3, -0.25) is 9.59 Å². The quantitative estimate of drug-likeness (QED) is 0.337. The molecule has 2 aromatic carbocycles. The Kier molecular flexibility index (Phi) is 7.71. The molecule has 2 bridgehead atoms. The molecule has 5 aliphatic rings. The Bertz CT molecular complexity index is 1900. The second-order valence-corrected chi connectivity index (χ2v) is 17.5. The second kappa shape index (κ2) is 11.6. The predicted octanol–water partition coefficient (Wildman–Crippen LogP) is 5.87. The normalized spacial score (nSPS) is 26.9. The van der Waals surface area contributed by atoms with E-state index in [1.807, 2.05) is 32.0 Å². The lowest BCUT2D eigenvalue weighted by atomic mass is 9.81. The molecule has 0 radical (unpaired) electrons. The molecule has 2 saturated carbocycles. The maximum atomic E-state index is 15.0. The average Bonchev–Trinajstić information content (AvgIpc) is 3.63. The molecule has 2 saturated heterocycles. The van der Waals surface area contributed by atoms with E-state index in [-0.39, 0.29) is 35.6 Å². The van der Waals surface area contributed by atoms with Gasteiger partial charge < -0.3 is 19.1 Å². The number of sulfonamides is 1. The third kappa shape index (κ3) is 5.16. The van der Waals surface area contributed by atoms with Gasteiger partial charge in [-0.2, -0.15) is 0 Å². The third-order valence-corrected chi connectivity index (χ3v) is 13.5. The fourth-order valence-corrected chi connectivity index (χ4v) is 11.2. The van der Waals surface area contributed by atoms with Crippen molar-refractivity contribution in [3.05, 3.63) is 53.1 Å². The molecule has 10 heteroatoms. The molecule has 1 aromatic heterocycles. The molecular formula is C38H48N4O5S. The lowest BCUT2D eigenvalue weighted by molar-refractivity contribution is -0.143. The van der Waals surface area contributed by atoms with Crippen molar-refractivity contribution in [3.8, 4) is 17.0 Å². The molecule has 4 fully saturated rings. The molecule has 8 rings (SSSR count). The number of piperazine rings is 1. The van der Waals surface area contributed by atoms with Gasteiger partial charge in [-0.15, -0.1) is 0 Å². The first-order valence-corrected chi connectivity index (χ1v) is 19.6. The second-order valence-electron chi connectivity index (χ2n) is 15.7. The van der Waals surface area contributed by atoms with Crippen LogP contribution in [0.1, 0.15) is 98.5 Å². The van der Waals surface area contributed by atoms with E-state index in [1.165, 1.54) is 30.4 Å². The number of nitrogens with zero attached hydrogens (tertiary/aromatic N) is 3. The molecular weight excluding hydrogens is 625 g/mol. The van der Waals surface area contributed by atoms with E-state index in [1.54, 1.807) is 13.2 Å². The van der Waals surface area contributed by atoms with Gasteiger partial charge in [0.2, 0.25) is 15.9 Å². The van der Waals surface area contributed by atoms with Gasteiger partial charge in [-0.25, -0.2) is 13.1 Å². The van der Waals surface area contributed by atoms with Gasteiger partial charge in [0.1, 0.15) is 5.75 Å². The van der Waals surface area contributed by atoms with Gasteiger partial charge in [0.05, 0.1) is 24.0 Å². The van der Waals surface area contributed by atoms with Crippen LogP contribution in [-0.4, -0.2) is 79.7 Å². The number of methoxy groups -OCH3 is 1. The number of benzene rings is 2. The van der Waals surface area contributed by atoms with Gasteiger partial charge in [0.15, 0.2) is 0 Å². The smallest absolute Gasteiger partial charge is 0.264 e. The summed E-state index contributed by atoms with van der Waals surface area (Å²) in [5.74, 6) is 0.677. The van der Waals surface area contributed by atoms with E-state index < -0.39 is 21.3 Å². The van der Waals surface area contributed by atoms with Gasteiger partial charge in [-0.1, -0.05) is 39.2 Å². The molecule has 256 valence electrons. The number of ether oxygens (including phenoxy) is 1. The maximum Gasteiger partial charge on any atom is 0.264 e. The Labute approximate surface area is 284 Å². The topological polar surface area (TPSA) is 101 Å². The van der Waals surface area contributed by atoms with Crippen molar-refractivity contribution in [2.24, 2.45) is 11.3 Å². The van der Waals surface area contributed by atoms with Crippen molar-refractivity contribution >= 4 is 32.7 Å². The van der Waals surface area contributed by atoms with E-state index in [4.69, 9.17) is 4.74 Å². The number of hydrogen-bond donors (Lipinski definition) is 1. The molecule has 4 unspecified atom stereocenters.